The molecule has 12 heteroatoms. The van der Waals surface area contributed by atoms with E-state index in [0.717, 1.165) is 18.9 Å². The quantitative estimate of drug-likeness (QED) is 0.548. The van der Waals surface area contributed by atoms with Crippen LogP contribution in [0.5, 0.6) is 0 Å². The number of halogens is 4. The zero-order valence-corrected chi connectivity index (χ0v) is 19.6. The molecule has 34 heavy (non-hydrogen) atoms. The van der Waals surface area contributed by atoms with Crippen molar-refractivity contribution in [3.63, 3.8) is 0 Å². The number of benzene rings is 1. The molecule has 1 unspecified atom stereocenters. The van der Waals surface area contributed by atoms with E-state index in [9.17, 15) is 21.6 Å². The van der Waals surface area contributed by atoms with Gasteiger partial charge in [-0.1, -0.05) is 0 Å². The number of likely N-dealkylation sites (N-methyl/N-ethyl adjacent to an activating group) is 1. The summed E-state index contributed by atoms with van der Waals surface area (Å²) in [6.07, 6.45) is 0.149. The van der Waals surface area contributed by atoms with Crippen molar-refractivity contribution in [2.24, 2.45) is 5.92 Å². The fourth-order valence-electron chi connectivity index (χ4n) is 4.56. The molecule has 2 aromatic rings. The SMILES string of the molecule is CN(C)[C@H]1CC(C(F)(F)F)CC[C@@H]1Nc1cc(F)c(S(=O)(=O)Nc2ccncn2)cc1C1CC1. The summed E-state index contributed by atoms with van der Waals surface area (Å²) in [5.41, 5.74) is 1.09. The molecular formula is C22H27F4N5O2S. The second-order valence-corrected chi connectivity index (χ2v) is 10.8. The van der Waals surface area contributed by atoms with E-state index < -0.39 is 38.9 Å². The van der Waals surface area contributed by atoms with Gasteiger partial charge in [-0.15, -0.1) is 0 Å². The highest BCUT2D eigenvalue weighted by Gasteiger charge is 2.45. The monoisotopic (exact) mass is 501 g/mol. The van der Waals surface area contributed by atoms with E-state index in [2.05, 4.69) is 20.0 Å². The number of hydrogen-bond acceptors (Lipinski definition) is 6. The van der Waals surface area contributed by atoms with Crippen LogP contribution in [0.15, 0.2) is 35.6 Å². The molecule has 2 aliphatic rings. The second kappa shape index (κ2) is 9.29. The molecule has 186 valence electrons. The van der Waals surface area contributed by atoms with E-state index in [1.165, 1.54) is 24.7 Å². The molecule has 7 nitrogen and oxygen atoms in total. The fourth-order valence-corrected chi connectivity index (χ4v) is 5.66. The smallest absolute Gasteiger partial charge is 0.380 e. The van der Waals surface area contributed by atoms with Crippen molar-refractivity contribution >= 4 is 21.5 Å². The molecule has 0 aliphatic heterocycles. The molecule has 4 rings (SSSR count). The Labute approximate surface area is 196 Å². The molecule has 0 saturated heterocycles. The Morgan fingerprint density at radius 3 is 2.44 bits per heavy atom. The summed E-state index contributed by atoms with van der Waals surface area (Å²) in [6.45, 7) is 0. The molecule has 2 N–H and O–H groups in total. The summed E-state index contributed by atoms with van der Waals surface area (Å²) in [5, 5.41) is 3.26. The first-order valence-corrected chi connectivity index (χ1v) is 12.6. The standard InChI is InChI=1S/C22H27F4N5O2S/c1-31(2)19-9-14(22(24,25)26)5-6-17(19)29-18-11-16(23)20(10-15(18)13-3-4-13)34(32,33)30-21-7-8-27-12-28-21/h7-8,10-14,17,19,29H,3-6,9H2,1-2H3,(H,27,28,30)/t14?,17-,19-/m0/s1. The maximum atomic E-state index is 15.1. The van der Waals surface area contributed by atoms with Crippen molar-refractivity contribution in [1.29, 1.82) is 0 Å². The largest absolute Gasteiger partial charge is 0.391 e. The van der Waals surface area contributed by atoms with Gasteiger partial charge in [0.25, 0.3) is 10.0 Å². The van der Waals surface area contributed by atoms with Gasteiger partial charge in [0.05, 0.1) is 5.92 Å². The van der Waals surface area contributed by atoms with Gasteiger partial charge in [-0.3, -0.25) is 4.72 Å². The van der Waals surface area contributed by atoms with Crippen molar-refractivity contribution in [1.82, 2.24) is 14.9 Å². The third kappa shape index (κ3) is 5.43. The highest BCUT2D eigenvalue weighted by Crippen LogP contribution is 2.46. The predicted molar refractivity (Wildman–Crippen MR) is 119 cm³/mol. The number of alkyl halides is 3. The van der Waals surface area contributed by atoms with E-state index >= 15 is 4.39 Å². The minimum absolute atomic E-state index is 0.0118. The molecule has 2 aliphatic carbocycles. The zero-order chi connectivity index (χ0) is 24.7. The van der Waals surface area contributed by atoms with Gasteiger partial charge in [-0.2, -0.15) is 13.2 Å². The van der Waals surface area contributed by atoms with Crippen LogP contribution in [-0.2, 0) is 10.0 Å². The third-order valence-electron chi connectivity index (χ3n) is 6.52. The maximum absolute atomic E-state index is 15.1. The molecule has 0 radical (unpaired) electrons. The highest BCUT2D eigenvalue weighted by atomic mass is 32.2. The number of hydrogen-bond donors (Lipinski definition) is 2. The fraction of sp³-hybridized carbons (Fsp3) is 0.545. The van der Waals surface area contributed by atoms with Gasteiger partial charge in [0, 0.05) is 24.0 Å². The predicted octanol–water partition coefficient (Wildman–Crippen LogP) is 4.37. The first-order valence-electron chi connectivity index (χ1n) is 11.1. The van der Waals surface area contributed by atoms with Crippen LogP contribution >= 0.6 is 0 Å². The molecular weight excluding hydrogens is 474 g/mol. The van der Waals surface area contributed by atoms with Gasteiger partial charge in [-0.25, -0.2) is 22.8 Å². The molecule has 2 saturated carbocycles. The van der Waals surface area contributed by atoms with E-state index in [1.54, 1.807) is 19.0 Å². The average Bonchev–Trinajstić information content (AvgIpc) is 3.58. The third-order valence-corrected chi connectivity index (χ3v) is 7.89. The van der Waals surface area contributed by atoms with Gasteiger partial charge >= 0.3 is 6.18 Å². The van der Waals surface area contributed by atoms with Crippen LogP contribution in [0.1, 0.15) is 43.6 Å². The molecule has 1 heterocycles. The second-order valence-electron chi connectivity index (χ2n) is 9.18. The number of sulfonamides is 1. The molecule has 1 aromatic heterocycles. The minimum atomic E-state index is -4.25. The summed E-state index contributed by atoms with van der Waals surface area (Å²) in [4.78, 5) is 8.79. The van der Waals surface area contributed by atoms with Gasteiger partial charge < -0.3 is 10.2 Å². The van der Waals surface area contributed by atoms with Gasteiger partial charge in [0.15, 0.2) is 0 Å². The Morgan fingerprint density at radius 1 is 1.12 bits per heavy atom. The Bertz CT molecular complexity index is 1120. The van der Waals surface area contributed by atoms with Crippen molar-refractivity contribution in [2.75, 3.05) is 24.1 Å². The minimum Gasteiger partial charge on any atom is -0.380 e. The topological polar surface area (TPSA) is 87.2 Å². The van der Waals surface area contributed by atoms with Crippen LogP contribution in [0.4, 0.5) is 29.1 Å². The summed E-state index contributed by atoms with van der Waals surface area (Å²) >= 11 is 0. The summed E-state index contributed by atoms with van der Waals surface area (Å²) in [5.74, 6) is -2.24. The lowest BCUT2D eigenvalue weighted by atomic mass is 9.81. The Hall–Kier alpha value is -2.47. The van der Waals surface area contributed by atoms with Crippen molar-refractivity contribution < 1.29 is 26.0 Å². The maximum Gasteiger partial charge on any atom is 0.391 e. The van der Waals surface area contributed by atoms with Crippen molar-refractivity contribution in [3.8, 4) is 0 Å². The molecule has 0 bridgehead atoms. The zero-order valence-electron chi connectivity index (χ0n) is 18.8. The number of anilines is 2. The van der Waals surface area contributed by atoms with Crippen LogP contribution in [0.3, 0.4) is 0 Å². The number of nitrogens with zero attached hydrogens (tertiary/aromatic N) is 3. The number of nitrogens with one attached hydrogen (secondary N) is 2. The van der Waals surface area contributed by atoms with E-state index in [1.807, 2.05) is 0 Å². The van der Waals surface area contributed by atoms with Crippen LogP contribution in [0.25, 0.3) is 0 Å². The number of aromatic nitrogens is 2. The first-order chi connectivity index (χ1) is 16.0. The van der Waals surface area contributed by atoms with E-state index in [0.29, 0.717) is 11.3 Å². The molecule has 1 aromatic carbocycles. The van der Waals surface area contributed by atoms with Crippen LogP contribution in [0.2, 0.25) is 0 Å². The average molecular weight is 502 g/mol. The van der Waals surface area contributed by atoms with Gasteiger partial charge in [-0.05, 0) is 75.9 Å². The normalized spacial score (nSPS) is 23.7. The molecule has 3 atom stereocenters. The van der Waals surface area contributed by atoms with Crippen molar-refractivity contribution in [2.45, 2.75) is 61.2 Å². The lowest BCUT2D eigenvalue weighted by Gasteiger charge is -2.41. The van der Waals surface area contributed by atoms with E-state index in [-0.39, 0.29) is 37.0 Å². The lowest BCUT2D eigenvalue weighted by Crippen LogP contribution is -2.49. The van der Waals surface area contributed by atoms with Crippen molar-refractivity contribution in [3.05, 3.63) is 42.1 Å². The Morgan fingerprint density at radius 2 is 1.85 bits per heavy atom. The molecule has 2 fully saturated rings. The Balaban J connectivity index is 1.61. The number of rotatable bonds is 7. The first kappa shape index (κ1) is 24.6. The van der Waals surface area contributed by atoms with Gasteiger partial charge in [0.1, 0.15) is 22.9 Å². The summed E-state index contributed by atoms with van der Waals surface area (Å²) < 4.78 is 83.0. The van der Waals surface area contributed by atoms with Crippen LogP contribution in [0, 0.1) is 11.7 Å². The highest BCUT2D eigenvalue weighted by molar-refractivity contribution is 7.92. The molecule has 0 spiro atoms. The summed E-state index contributed by atoms with van der Waals surface area (Å²) in [6, 6.07) is 3.09. The molecule has 0 amide bonds. The lowest BCUT2D eigenvalue weighted by molar-refractivity contribution is -0.186. The Kier molecular flexibility index (Phi) is 6.74. The van der Waals surface area contributed by atoms with E-state index in [4.69, 9.17) is 0 Å². The van der Waals surface area contributed by atoms with Gasteiger partial charge in [0.2, 0.25) is 0 Å². The van der Waals surface area contributed by atoms with Crippen LogP contribution < -0.4 is 10.0 Å². The summed E-state index contributed by atoms with van der Waals surface area (Å²) in [7, 11) is -0.784. The van der Waals surface area contributed by atoms with Crippen LogP contribution in [-0.4, -0.2) is 55.6 Å².